The van der Waals surface area contributed by atoms with E-state index in [2.05, 4.69) is 15.3 Å². The Bertz CT molecular complexity index is 493. The largest absolute Gasteiger partial charge is 0.475 e. The van der Waals surface area contributed by atoms with E-state index in [0.29, 0.717) is 45.5 Å². The summed E-state index contributed by atoms with van der Waals surface area (Å²) in [6, 6.07) is 1.62. The van der Waals surface area contributed by atoms with Gasteiger partial charge in [0.15, 0.2) is 0 Å². The van der Waals surface area contributed by atoms with Crippen molar-refractivity contribution in [2.45, 2.75) is 26.4 Å². The van der Waals surface area contributed by atoms with E-state index in [9.17, 15) is 4.79 Å². The molecule has 1 aromatic rings. The highest BCUT2D eigenvalue weighted by molar-refractivity contribution is 5.67. The Morgan fingerprint density at radius 2 is 1.83 bits per heavy atom. The third-order valence-corrected chi connectivity index (χ3v) is 2.41. The summed E-state index contributed by atoms with van der Waals surface area (Å²) >= 11 is 0. The maximum atomic E-state index is 11.4. The number of nitrogen functional groups attached to an aromatic ring is 1. The van der Waals surface area contributed by atoms with Gasteiger partial charge in [-0.3, -0.25) is 0 Å². The van der Waals surface area contributed by atoms with Gasteiger partial charge < -0.3 is 30.0 Å². The Hall–Kier alpha value is -2.13. The van der Waals surface area contributed by atoms with E-state index >= 15 is 0 Å². The molecule has 0 saturated heterocycles. The van der Waals surface area contributed by atoms with E-state index in [4.69, 9.17) is 24.7 Å². The summed E-state index contributed by atoms with van der Waals surface area (Å²) in [5.74, 6) is 0.581. The molecule has 24 heavy (non-hydrogen) atoms. The molecule has 0 aliphatic rings. The fraction of sp³-hybridized carbons (Fsp3) is 0.667. The molecule has 9 heteroatoms. The lowest BCUT2D eigenvalue weighted by atomic mass is 10.2. The number of amides is 1. The molecule has 0 aliphatic carbocycles. The Labute approximate surface area is 141 Å². The van der Waals surface area contributed by atoms with E-state index in [1.165, 1.54) is 6.20 Å². The van der Waals surface area contributed by atoms with Crippen molar-refractivity contribution in [3.05, 3.63) is 12.3 Å². The van der Waals surface area contributed by atoms with Crippen LogP contribution in [0.4, 0.5) is 10.7 Å². The lowest BCUT2D eigenvalue weighted by Gasteiger charge is -2.19. The number of nitrogens with one attached hydrogen (secondary N) is 1. The summed E-state index contributed by atoms with van der Waals surface area (Å²) < 4.78 is 21.1. The Balaban J connectivity index is 1.90. The summed E-state index contributed by atoms with van der Waals surface area (Å²) in [6.07, 6.45) is 1.07. The number of carbonyl (C=O) groups is 1. The van der Waals surface area contributed by atoms with Crippen LogP contribution in [0.15, 0.2) is 12.3 Å². The minimum Gasteiger partial charge on any atom is -0.475 e. The predicted octanol–water partition coefficient (Wildman–Crippen LogP) is 0.995. The molecule has 0 saturated carbocycles. The normalized spacial score (nSPS) is 11.1. The molecule has 136 valence electrons. The molecule has 1 amide bonds. The zero-order chi connectivity index (χ0) is 17.8. The van der Waals surface area contributed by atoms with Gasteiger partial charge in [0, 0.05) is 18.8 Å². The second-order valence-corrected chi connectivity index (χ2v) is 5.75. The fourth-order valence-corrected chi connectivity index (χ4v) is 1.50. The molecule has 9 nitrogen and oxygen atoms in total. The van der Waals surface area contributed by atoms with Gasteiger partial charge >= 0.3 is 6.09 Å². The van der Waals surface area contributed by atoms with Crippen LogP contribution in [-0.2, 0) is 14.2 Å². The van der Waals surface area contributed by atoms with Gasteiger partial charge in [-0.05, 0) is 20.8 Å². The van der Waals surface area contributed by atoms with Crippen molar-refractivity contribution in [1.82, 2.24) is 15.3 Å². The minimum absolute atomic E-state index is 0.168. The molecule has 0 aromatic carbocycles. The number of aromatic nitrogens is 2. The Kier molecular flexibility index (Phi) is 8.80. The number of hydrogen-bond donors (Lipinski definition) is 2. The summed E-state index contributed by atoms with van der Waals surface area (Å²) in [4.78, 5) is 19.0. The molecule has 0 unspecified atom stereocenters. The van der Waals surface area contributed by atoms with Crippen molar-refractivity contribution in [2.24, 2.45) is 0 Å². The molecule has 0 bridgehead atoms. The van der Waals surface area contributed by atoms with Gasteiger partial charge in [0.05, 0.1) is 26.4 Å². The molecular formula is C15H26N4O5. The number of rotatable bonds is 10. The summed E-state index contributed by atoms with van der Waals surface area (Å²) in [7, 11) is 0. The van der Waals surface area contributed by atoms with Crippen molar-refractivity contribution in [1.29, 1.82) is 0 Å². The van der Waals surface area contributed by atoms with Crippen LogP contribution in [0.1, 0.15) is 20.8 Å². The first-order valence-corrected chi connectivity index (χ1v) is 7.70. The number of alkyl carbamates (subject to hydrolysis) is 1. The van der Waals surface area contributed by atoms with Gasteiger partial charge in [0.2, 0.25) is 11.8 Å². The number of anilines is 1. The molecule has 0 spiro atoms. The maximum Gasteiger partial charge on any atom is 0.407 e. The van der Waals surface area contributed by atoms with Gasteiger partial charge in [0.1, 0.15) is 12.2 Å². The number of nitrogens with two attached hydrogens (primary N) is 1. The van der Waals surface area contributed by atoms with Crippen molar-refractivity contribution >= 4 is 12.0 Å². The van der Waals surface area contributed by atoms with E-state index < -0.39 is 11.7 Å². The molecule has 0 fully saturated rings. The van der Waals surface area contributed by atoms with E-state index in [0.717, 1.165) is 0 Å². The Morgan fingerprint density at radius 3 is 2.50 bits per heavy atom. The lowest BCUT2D eigenvalue weighted by Crippen LogP contribution is -2.34. The lowest BCUT2D eigenvalue weighted by molar-refractivity contribution is 0.0324. The summed E-state index contributed by atoms with van der Waals surface area (Å²) in [5.41, 5.74) is 4.93. The molecule has 1 aromatic heterocycles. The van der Waals surface area contributed by atoms with E-state index in [-0.39, 0.29) is 5.95 Å². The molecule has 1 rings (SSSR count). The van der Waals surface area contributed by atoms with E-state index in [1.807, 2.05) is 20.8 Å². The van der Waals surface area contributed by atoms with Gasteiger partial charge in [-0.15, -0.1) is 0 Å². The maximum absolute atomic E-state index is 11.4. The van der Waals surface area contributed by atoms with Crippen LogP contribution in [0.2, 0.25) is 0 Å². The summed E-state index contributed by atoms with van der Waals surface area (Å²) in [5, 5.41) is 2.60. The van der Waals surface area contributed by atoms with Gasteiger partial charge in [0.25, 0.3) is 0 Å². The topological polar surface area (TPSA) is 118 Å². The van der Waals surface area contributed by atoms with Crippen molar-refractivity contribution in [2.75, 3.05) is 45.3 Å². The molecule has 0 aliphatic heterocycles. The highest BCUT2D eigenvalue weighted by Gasteiger charge is 2.15. The predicted molar refractivity (Wildman–Crippen MR) is 87.8 cm³/mol. The van der Waals surface area contributed by atoms with Crippen molar-refractivity contribution in [3.63, 3.8) is 0 Å². The molecule has 3 N–H and O–H groups in total. The van der Waals surface area contributed by atoms with Crippen molar-refractivity contribution in [3.8, 4) is 5.88 Å². The molecular weight excluding hydrogens is 316 g/mol. The second-order valence-electron chi connectivity index (χ2n) is 5.75. The van der Waals surface area contributed by atoms with Crippen LogP contribution in [0.5, 0.6) is 5.88 Å². The Morgan fingerprint density at radius 1 is 1.17 bits per heavy atom. The quantitative estimate of drug-likeness (QED) is 0.605. The van der Waals surface area contributed by atoms with Crippen molar-refractivity contribution < 1.29 is 23.7 Å². The van der Waals surface area contributed by atoms with Crippen LogP contribution < -0.4 is 15.8 Å². The van der Waals surface area contributed by atoms with E-state index in [1.54, 1.807) is 6.07 Å². The van der Waals surface area contributed by atoms with Crippen LogP contribution >= 0.6 is 0 Å². The number of carbonyl (C=O) groups excluding carboxylic acids is 1. The smallest absolute Gasteiger partial charge is 0.407 e. The SMILES string of the molecule is CC(C)(C)OC(=O)NCCOCCOCCOc1ccnc(N)n1. The zero-order valence-electron chi connectivity index (χ0n) is 14.4. The fourth-order valence-electron chi connectivity index (χ4n) is 1.50. The molecule has 1 heterocycles. The summed E-state index contributed by atoms with van der Waals surface area (Å²) in [6.45, 7) is 7.82. The molecule has 0 radical (unpaired) electrons. The van der Waals surface area contributed by atoms with Crippen LogP contribution in [0, 0.1) is 0 Å². The second kappa shape index (κ2) is 10.6. The monoisotopic (exact) mass is 342 g/mol. The van der Waals surface area contributed by atoms with Gasteiger partial charge in [-0.25, -0.2) is 9.78 Å². The first-order chi connectivity index (χ1) is 11.4. The first kappa shape index (κ1) is 19.9. The minimum atomic E-state index is -0.502. The number of hydrogen-bond acceptors (Lipinski definition) is 8. The number of ether oxygens (including phenoxy) is 4. The average molecular weight is 342 g/mol. The molecule has 0 atom stereocenters. The average Bonchev–Trinajstić information content (AvgIpc) is 2.47. The highest BCUT2D eigenvalue weighted by Crippen LogP contribution is 2.06. The third kappa shape index (κ3) is 10.6. The standard InChI is InChI=1S/C15H26N4O5/c1-15(2,3)24-14(20)18-6-7-21-8-9-22-10-11-23-12-4-5-17-13(16)19-12/h4-5H,6-11H2,1-3H3,(H,18,20)(H2,16,17,19). The number of nitrogens with zero attached hydrogens (tertiary/aromatic N) is 2. The zero-order valence-corrected chi connectivity index (χ0v) is 14.4. The highest BCUT2D eigenvalue weighted by atomic mass is 16.6. The van der Waals surface area contributed by atoms with Crippen LogP contribution in [0.25, 0.3) is 0 Å². The van der Waals surface area contributed by atoms with Crippen LogP contribution in [0.3, 0.4) is 0 Å². The van der Waals surface area contributed by atoms with Gasteiger partial charge in [-0.2, -0.15) is 4.98 Å². The van der Waals surface area contributed by atoms with Gasteiger partial charge in [-0.1, -0.05) is 0 Å². The third-order valence-electron chi connectivity index (χ3n) is 2.41. The first-order valence-electron chi connectivity index (χ1n) is 7.70. The van der Waals surface area contributed by atoms with Crippen LogP contribution in [-0.4, -0.2) is 61.2 Å².